The highest BCUT2D eigenvalue weighted by Gasteiger charge is 2.28. The van der Waals surface area contributed by atoms with Gasteiger partial charge in [-0.05, 0) is 36.8 Å². The van der Waals surface area contributed by atoms with Gasteiger partial charge in [-0.15, -0.1) is 0 Å². The normalized spacial score (nSPS) is 17.6. The molecule has 0 atom stereocenters. The summed E-state index contributed by atoms with van der Waals surface area (Å²) >= 11 is 0. The molecule has 0 spiro atoms. The molecule has 3 heterocycles. The van der Waals surface area contributed by atoms with Crippen LogP contribution in [0.4, 0.5) is 0 Å². The van der Waals surface area contributed by atoms with E-state index in [0.717, 1.165) is 5.56 Å². The Kier molecular flexibility index (Phi) is 3.74. The Bertz CT molecular complexity index is 1130. The summed E-state index contributed by atoms with van der Waals surface area (Å²) in [5.41, 5.74) is 2.40. The summed E-state index contributed by atoms with van der Waals surface area (Å²) in [7, 11) is 0. The van der Waals surface area contributed by atoms with E-state index in [9.17, 15) is 14.4 Å². The Morgan fingerprint density at radius 3 is 2.74 bits per heavy atom. The number of esters is 1. The molecule has 7 heteroatoms. The van der Waals surface area contributed by atoms with Gasteiger partial charge in [0.1, 0.15) is 29.8 Å². The molecule has 2 amide bonds. The van der Waals surface area contributed by atoms with Crippen molar-refractivity contribution in [3.63, 3.8) is 0 Å². The molecule has 2 aliphatic heterocycles. The molecule has 0 bridgehead atoms. The molecule has 0 saturated carbocycles. The van der Waals surface area contributed by atoms with Crippen LogP contribution in [0, 0.1) is 11.3 Å². The number of rotatable bonds is 2. The maximum Gasteiger partial charge on any atom is 0.338 e. The average Bonchev–Trinajstić information content (AvgIpc) is 3.26. The number of furan rings is 1. The summed E-state index contributed by atoms with van der Waals surface area (Å²) < 4.78 is 10.8. The molecule has 0 radical (unpaired) electrons. The highest BCUT2D eigenvalue weighted by Crippen LogP contribution is 2.30. The van der Waals surface area contributed by atoms with E-state index < -0.39 is 11.8 Å². The molecule has 2 aliphatic rings. The fourth-order valence-electron chi connectivity index (χ4n) is 3.01. The predicted octanol–water partition coefficient (Wildman–Crippen LogP) is 2.50. The zero-order valence-corrected chi connectivity index (χ0v) is 14.2. The third-order valence-corrected chi connectivity index (χ3v) is 4.48. The van der Waals surface area contributed by atoms with Gasteiger partial charge in [0.2, 0.25) is 0 Å². The number of nitrogens with one attached hydrogen (secondary N) is 1. The fraction of sp³-hybridized carbons (Fsp3) is 0.100. The first-order valence-corrected chi connectivity index (χ1v) is 8.07. The van der Waals surface area contributed by atoms with Crippen molar-refractivity contribution in [2.75, 3.05) is 0 Å². The van der Waals surface area contributed by atoms with E-state index in [-0.39, 0.29) is 23.7 Å². The lowest BCUT2D eigenvalue weighted by molar-refractivity contribution is -0.126. The van der Waals surface area contributed by atoms with Gasteiger partial charge < -0.3 is 9.15 Å². The number of cyclic esters (lactones) is 1. The number of imide groups is 1. The predicted molar refractivity (Wildman–Crippen MR) is 92.7 cm³/mol. The van der Waals surface area contributed by atoms with Crippen LogP contribution in [0.15, 0.2) is 51.5 Å². The van der Waals surface area contributed by atoms with Gasteiger partial charge in [0.05, 0.1) is 5.56 Å². The quantitative estimate of drug-likeness (QED) is 0.501. The van der Waals surface area contributed by atoms with Crippen molar-refractivity contribution in [3.05, 3.63) is 63.9 Å². The second-order valence-electron chi connectivity index (χ2n) is 6.10. The first kappa shape index (κ1) is 16.5. The van der Waals surface area contributed by atoms with Crippen LogP contribution >= 0.6 is 0 Å². The minimum absolute atomic E-state index is 0.107. The molecule has 1 aromatic carbocycles. The largest absolute Gasteiger partial charge is 0.457 e. The van der Waals surface area contributed by atoms with Crippen LogP contribution < -0.4 is 5.32 Å². The Morgan fingerprint density at radius 2 is 1.96 bits per heavy atom. The van der Waals surface area contributed by atoms with Crippen molar-refractivity contribution in [3.8, 4) is 17.4 Å². The summed E-state index contributed by atoms with van der Waals surface area (Å²) in [6.07, 6.45) is 1.47. The Morgan fingerprint density at radius 1 is 1.15 bits per heavy atom. The van der Waals surface area contributed by atoms with Crippen molar-refractivity contribution in [2.45, 2.75) is 13.5 Å². The van der Waals surface area contributed by atoms with Crippen molar-refractivity contribution < 1.29 is 23.5 Å². The Labute approximate surface area is 153 Å². The summed E-state index contributed by atoms with van der Waals surface area (Å²) in [6.45, 7) is 1.81. The second-order valence-corrected chi connectivity index (χ2v) is 6.10. The first-order chi connectivity index (χ1) is 13.0. The molecule has 0 unspecified atom stereocenters. The molecule has 7 nitrogen and oxygen atoms in total. The SMILES string of the molecule is CC1=C(C#N)C(=O)NC(=O)/C1=C\c1ccc(-c2ccc3c(c2)C(=O)OC3)o1. The molecule has 0 saturated heterocycles. The fourth-order valence-corrected chi connectivity index (χ4v) is 3.01. The van der Waals surface area contributed by atoms with Crippen LogP contribution in [0.1, 0.15) is 28.6 Å². The monoisotopic (exact) mass is 360 g/mol. The number of hydrogen-bond acceptors (Lipinski definition) is 6. The van der Waals surface area contributed by atoms with E-state index >= 15 is 0 Å². The van der Waals surface area contributed by atoms with E-state index in [4.69, 9.17) is 14.4 Å². The van der Waals surface area contributed by atoms with E-state index in [0.29, 0.717) is 28.2 Å². The van der Waals surface area contributed by atoms with Crippen LogP contribution in [0.5, 0.6) is 0 Å². The van der Waals surface area contributed by atoms with Gasteiger partial charge in [-0.3, -0.25) is 14.9 Å². The third-order valence-electron chi connectivity index (χ3n) is 4.48. The highest BCUT2D eigenvalue weighted by molar-refractivity contribution is 6.19. The first-order valence-electron chi connectivity index (χ1n) is 8.07. The van der Waals surface area contributed by atoms with Gasteiger partial charge in [0.25, 0.3) is 11.8 Å². The second kappa shape index (κ2) is 6.11. The third kappa shape index (κ3) is 2.73. The van der Waals surface area contributed by atoms with Gasteiger partial charge in [0, 0.05) is 16.7 Å². The molecular formula is C20H12N2O5. The lowest BCUT2D eigenvalue weighted by Crippen LogP contribution is -2.37. The van der Waals surface area contributed by atoms with Gasteiger partial charge in [-0.25, -0.2) is 4.79 Å². The molecule has 0 fully saturated rings. The number of carbonyl (C=O) groups is 3. The number of hydrogen-bond donors (Lipinski definition) is 1. The number of amides is 2. The molecule has 1 aromatic heterocycles. The van der Waals surface area contributed by atoms with Gasteiger partial charge in [-0.1, -0.05) is 12.1 Å². The molecule has 4 rings (SSSR count). The van der Waals surface area contributed by atoms with Crippen LogP contribution in [-0.2, 0) is 20.9 Å². The van der Waals surface area contributed by atoms with Crippen LogP contribution in [0.25, 0.3) is 17.4 Å². The van der Waals surface area contributed by atoms with Crippen molar-refractivity contribution >= 4 is 23.9 Å². The number of nitrogens with zero attached hydrogens (tertiary/aromatic N) is 1. The van der Waals surface area contributed by atoms with Crippen LogP contribution in [0.2, 0.25) is 0 Å². The number of carbonyl (C=O) groups excluding carboxylic acids is 3. The number of nitriles is 1. The van der Waals surface area contributed by atoms with Gasteiger partial charge in [-0.2, -0.15) is 5.26 Å². The van der Waals surface area contributed by atoms with Crippen molar-refractivity contribution in [1.29, 1.82) is 5.26 Å². The lowest BCUT2D eigenvalue weighted by atomic mass is 9.96. The van der Waals surface area contributed by atoms with Gasteiger partial charge in [0.15, 0.2) is 0 Å². The zero-order valence-electron chi connectivity index (χ0n) is 14.2. The van der Waals surface area contributed by atoms with E-state index in [1.807, 2.05) is 12.1 Å². The molecule has 27 heavy (non-hydrogen) atoms. The maximum atomic E-state index is 12.1. The minimum atomic E-state index is -0.706. The Balaban J connectivity index is 1.71. The maximum absolute atomic E-state index is 12.1. The summed E-state index contributed by atoms with van der Waals surface area (Å²) in [6, 6.07) is 10.5. The average molecular weight is 360 g/mol. The standard InChI is InChI=1S/C20H12N2O5/c1-10-14(18(23)22-19(24)16(10)8-21)7-13-4-5-17(27-13)11-2-3-12-9-26-20(25)15(12)6-11/h2-7H,9H2,1H3,(H,22,23,24)/b14-7-. The topological polar surface area (TPSA) is 109 Å². The van der Waals surface area contributed by atoms with E-state index in [1.54, 1.807) is 24.3 Å². The summed E-state index contributed by atoms with van der Waals surface area (Å²) in [5.74, 6) is -0.769. The smallest absolute Gasteiger partial charge is 0.338 e. The molecular weight excluding hydrogens is 348 g/mol. The molecule has 132 valence electrons. The summed E-state index contributed by atoms with van der Waals surface area (Å²) in [5, 5.41) is 11.2. The molecule has 0 aliphatic carbocycles. The van der Waals surface area contributed by atoms with Crippen LogP contribution in [0.3, 0.4) is 0 Å². The zero-order chi connectivity index (χ0) is 19.1. The van der Waals surface area contributed by atoms with Crippen molar-refractivity contribution in [2.24, 2.45) is 0 Å². The van der Waals surface area contributed by atoms with E-state index in [2.05, 4.69) is 5.32 Å². The highest BCUT2D eigenvalue weighted by atomic mass is 16.5. The number of fused-ring (bicyclic) bond motifs is 1. The molecule has 2 aromatic rings. The Hall–Kier alpha value is -3.92. The summed E-state index contributed by atoms with van der Waals surface area (Å²) in [4.78, 5) is 35.4. The minimum Gasteiger partial charge on any atom is -0.457 e. The van der Waals surface area contributed by atoms with E-state index in [1.165, 1.54) is 13.0 Å². The van der Waals surface area contributed by atoms with Crippen LogP contribution in [-0.4, -0.2) is 17.8 Å². The number of benzene rings is 1. The van der Waals surface area contributed by atoms with Crippen molar-refractivity contribution in [1.82, 2.24) is 5.32 Å². The lowest BCUT2D eigenvalue weighted by Gasteiger charge is -2.15. The molecule has 1 N–H and O–H groups in total. The van der Waals surface area contributed by atoms with Gasteiger partial charge >= 0.3 is 5.97 Å². The number of ether oxygens (including phenoxy) is 1.